The molecule has 1 N–H and O–H groups in total. The van der Waals surface area contributed by atoms with Gasteiger partial charge in [0.1, 0.15) is 5.69 Å². The fraction of sp³-hybridized carbons (Fsp3) is 0.105. The van der Waals surface area contributed by atoms with Crippen LogP contribution in [0.15, 0.2) is 48.7 Å². The number of carbonyl (C=O) groups excluding carboxylic acids is 3. The van der Waals surface area contributed by atoms with Crippen LogP contribution < -0.4 is 5.32 Å². The first-order chi connectivity index (χ1) is 13.0. The number of para-hydroxylation sites is 2. The van der Waals surface area contributed by atoms with Gasteiger partial charge in [0.05, 0.1) is 42.6 Å². The summed E-state index contributed by atoms with van der Waals surface area (Å²) in [6.45, 7) is 0. The zero-order valence-electron chi connectivity index (χ0n) is 14.6. The van der Waals surface area contributed by atoms with Gasteiger partial charge in [-0.15, -0.1) is 0 Å². The molecule has 0 fully saturated rings. The summed E-state index contributed by atoms with van der Waals surface area (Å²) in [5.74, 6) is -1.84. The molecule has 2 aromatic carbocycles. The first-order valence-electron chi connectivity index (χ1n) is 7.86. The van der Waals surface area contributed by atoms with E-state index in [2.05, 4.69) is 24.8 Å². The van der Waals surface area contributed by atoms with Gasteiger partial charge in [-0.05, 0) is 30.3 Å². The summed E-state index contributed by atoms with van der Waals surface area (Å²) >= 11 is 0. The fourth-order valence-electron chi connectivity index (χ4n) is 2.43. The van der Waals surface area contributed by atoms with E-state index in [-0.39, 0.29) is 22.5 Å². The number of methoxy groups -OCH3 is 2. The molecule has 0 bridgehead atoms. The molecule has 0 saturated heterocycles. The summed E-state index contributed by atoms with van der Waals surface area (Å²) in [5, 5.41) is 2.60. The lowest BCUT2D eigenvalue weighted by Crippen LogP contribution is -2.16. The van der Waals surface area contributed by atoms with Gasteiger partial charge in [0.15, 0.2) is 0 Å². The zero-order chi connectivity index (χ0) is 19.4. The lowest BCUT2D eigenvalue weighted by atomic mass is 10.1. The van der Waals surface area contributed by atoms with Crippen molar-refractivity contribution in [3.05, 3.63) is 65.5 Å². The fourth-order valence-corrected chi connectivity index (χ4v) is 2.43. The maximum Gasteiger partial charge on any atom is 0.337 e. The van der Waals surface area contributed by atoms with E-state index in [1.165, 1.54) is 38.6 Å². The molecule has 0 spiro atoms. The topological polar surface area (TPSA) is 107 Å². The third kappa shape index (κ3) is 3.90. The van der Waals surface area contributed by atoms with Crippen molar-refractivity contribution in [3.8, 4) is 0 Å². The highest BCUT2D eigenvalue weighted by Crippen LogP contribution is 2.18. The monoisotopic (exact) mass is 365 g/mol. The van der Waals surface area contributed by atoms with Crippen molar-refractivity contribution in [2.75, 3.05) is 19.5 Å². The van der Waals surface area contributed by atoms with Crippen molar-refractivity contribution in [3.63, 3.8) is 0 Å². The molecule has 8 nitrogen and oxygen atoms in total. The molecule has 0 aliphatic heterocycles. The third-order valence-corrected chi connectivity index (χ3v) is 3.71. The number of hydrogen-bond donors (Lipinski definition) is 1. The smallest absolute Gasteiger partial charge is 0.337 e. The number of amides is 1. The van der Waals surface area contributed by atoms with Crippen molar-refractivity contribution >= 4 is 34.6 Å². The molecule has 3 aromatic rings. The van der Waals surface area contributed by atoms with Gasteiger partial charge in [-0.3, -0.25) is 9.78 Å². The first kappa shape index (κ1) is 18.0. The van der Waals surface area contributed by atoms with Crippen LogP contribution in [-0.2, 0) is 9.47 Å². The van der Waals surface area contributed by atoms with Crippen LogP contribution in [0.25, 0.3) is 11.0 Å². The molecule has 8 heteroatoms. The Kier molecular flexibility index (Phi) is 5.07. The highest BCUT2D eigenvalue weighted by molar-refractivity contribution is 6.05. The van der Waals surface area contributed by atoms with Crippen LogP contribution in [0.1, 0.15) is 31.2 Å². The van der Waals surface area contributed by atoms with E-state index in [0.717, 1.165) is 0 Å². The molecule has 27 heavy (non-hydrogen) atoms. The van der Waals surface area contributed by atoms with E-state index in [0.29, 0.717) is 11.0 Å². The van der Waals surface area contributed by atoms with E-state index < -0.39 is 17.8 Å². The lowest BCUT2D eigenvalue weighted by Gasteiger charge is -2.09. The number of benzene rings is 2. The highest BCUT2D eigenvalue weighted by Gasteiger charge is 2.16. The molecule has 0 aliphatic rings. The van der Waals surface area contributed by atoms with Gasteiger partial charge >= 0.3 is 11.9 Å². The minimum Gasteiger partial charge on any atom is -0.465 e. The van der Waals surface area contributed by atoms with Crippen molar-refractivity contribution in [2.45, 2.75) is 0 Å². The Balaban J connectivity index is 1.93. The molecule has 1 heterocycles. The summed E-state index contributed by atoms with van der Waals surface area (Å²) < 4.78 is 9.34. The number of carbonyl (C=O) groups is 3. The van der Waals surface area contributed by atoms with Gasteiger partial charge < -0.3 is 14.8 Å². The second kappa shape index (κ2) is 7.61. The average Bonchev–Trinajstić information content (AvgIpc) is 2.71. The van der Waals surface area contributed by atoms with Gasteiger partial charge in [0, 0.05) is 5.69 Å². The standard InChI is InChI=1S/C19H15N3O5/c1-26-18(24)11-7-12(19(25)27-2)9-13(8-11)21-17(23)16-10-20-14-5-3-4-6-15(14)22-16/h3-10H,1-2H3,(H,21,23). The molecule has 136 valence electrons. The van der Waals surface area contributed by atoms with Crippen LogP contribution in [0.2, 0.25) is 0 Å². The average molecular weight is 365 g/mol. The maximum atomic E-state index is 12.5. The highest BCUT2D eigenvalue weighted by atomic mass is 16.5. The summed E-state index contributed by atoms with van der Waals surface area (Å²) in [6, 6.07) is 11.3. The number of nitrogens with one attached hydrogen (secondary N) is 1. The molecule has 1 aromatic heterocycles. The van der Waals surface area contributed by atoms with Crippen molar-refractivity contribution in [1.82, 2.24) is 9.97 Å². The Morgan fingerprint density at radius 2 is 1.48 bits per heavy atom. The predicted octanol–water partition coefficient (Wildman–Crippen LogP) is 2.46. The largest absolute Gasteiger partial charge is 0.465 e. The van der Waals surface area contributed by atoms with E-state index >= 15 is 0 Å². The van der Waals surface area contributed by atoms with Crippen LogP contribution in [0, 0.1) is 0 Å². The third-order valence-electron chi connectivity index (χ3n) is 3.71. The normalized spacial score (nSPS) is 10.3. The van der Waals surface area contributed by atoms with Crippen LogP contribution in [0.5, 0.6) is 0 Å². The molecule has 0 saturated carbocycles. The quantitative estimate of drug-likeness (QED) is 0.708. The molecular formula is C19H15N3O5. The van der Waals surface area contributed by atoms with Crippen molar-refractivity contribution < 1.29 is 23.9 Å². The molecule has 0 aliphatic carbocycles. The van der Waals surface area contributed by atoms with Gasteiger partial charge in [0.25, 0.3) is 5.91 Å². The van der Waals surface area contributed by atoms with Gasteiger partial charge in [0.2, 0.25) is 0 Å². The van der Waals surface area contributed by atoms with Gasteiger partial charge in [-0.1, -0.05) is 12.1 Å². The number of rotatable bonds is 4. The molecule has 0 radical (unpaired) electrons. The SMILES string of the molecule is COC(=O)c1cc(NC(=O)c2cnc3ccccc3n2)cc(C(=O)OC)c1. The van der Waals surface area contributed by atoms with E-state index in [1.807, 2.05) is 6.07 Å². The maximum absolute atomic E-state index is 12.5. The van der Waals surface area contributed by atoms with E-state index in [1.54, 1.807) is 18.2 Å². The number of aromatic nitrogens is 2. The minimum atomic E-state index is -0.651. The van der Waals surface area contributed by atoms with Crippen LogP contribution in [-0.4, -0.2) is 42.0 Å². The Morgan fingerprint density at radius 3 is 2.07 bits per heavy atom. The Labute approximate surface area is 154 Å². The molecular weight excluding hydrogens is 350 g/mol. The van der Waals surface area contributed by atoms with E-state index in [4.69, 9.17) is 0 Å². The van der Waals surface area contributed by atoms with Gasteiger partial charge in [-0.2, -0.15) is 0 Å². The Morgan fingerprint density at radius 1 is 0.889 bits per heavy atom. The number of hydrogen-bond acceptors (Lipinski definition) is 7. The van der Waals surface area contributed by atoms with Crippen molar-refractivity contribution in [1.29, 1.82) is 0 Å². The second-order valence-corrected chi connectivity index (χ2v) is 5.48. The molecule has 1 amide bonds. The summed E-state index contributed by atoms with van der Waals surface area (Å²) in [4.78, 5) is 44.6. The predicted molar refractivity (Wildman–Crippen MR) is 96.6 cm³/mol. The lowest BCUT2D eigenvalue weighted by molar-refractivity contribution is 0.0599. The van der Waals surface area contributed by atoms with Crippen LogP contribution in [0.4, 0.5) is 5.69 Å². The summed E-state index contributed by atoms with van der Waals surface area (Å²) in [5.41, 5.74) is 1.74. The number of anilines is 1. The van der Waals surface area contributed by atoms with Crippen LogP contribution >= 0.6 is 0 Å². The summed E-state index contributed by atoms with van der Waals surface area (Å²) in [7, 11) is 2.44. The van der Waals surface area contributed by atoms with Crippen molar-refractivity contribution in [2.24, 2.45) is 0 Å². The molecule has 0 atom stereocenters. The first-order valence-corrected chi connectivity index (χ1v) is 7.86. The summed E-state index contributed by atoms with van der Waals surface area (Å²) in [6.07, 6.45) is 1.35. The number of ether oxygens (including phenoxy) is 2. The molecule has 0 unspecified atom stereocenters. The Bertz CT molecular complexity index is 1010. The zero-order valence-corrected chi connectivity index (χ0v) is 14.6. The van der Waals surface area contributed by atoms with E-state index in [9.17, 15) is 14.4 Å². The molecule has 3 rings (SSSR count). The number of esters is 2. The minimum absolute atomic E-state index is 0.0942. The number of nitrogens with zero attached hydrogens (tertiary/aromatic N) is 2. The number of fused-ring (bicyclic) bond motifs is 1. The van der Waals surface area contributed by atoms with Gasteiger partial charge in [-0.25, -0.2) is 14.6 Å². The Hall–Kier alpha value is -3.81. The second-order valence-electron chi connectivity index (χ2n) is 5.48. The van der Waals surface area contributed by atoms with Crippen LogP contribution in [0.3, 0.4) is 0 Å².